The number of ether oxygens (including phenoxy) is 1. The van der Waals surface area contributed by atoms with E-state index in [2.05, 4.69) is 0 Å². The molecule has 0 N–H and O–H groups in total. The number of nitrogens with zero attached hydrogens (tertiary/aromatic N) is 2. The van der Waals surface area contributed by atoms with E-state index in [0.29, 0.717) is 13.2 Å². The first-order chi connectivity index (χ1) is 12.1. The van der Waals surface area contributed by atoms with Crippen molar-refractivity contribution >= 4 is 33.3 Å². The fraction of sp³-hybridized carbons (Fsp3) is 0.368. The molecule has 6 heteroatoms. The molecule has 0 bridgehead atoms. The maximum Gasteiger partial charge on any atom is 0.263 e. The smallest absolute Gasteiger partial charge is 0.263 e. The lowest BCUT2D eigenvalue weighted by molar-refractivity contribution is 0.318. The van der Waals surface area contributed by atoms with Gasteiger partial charge in [-0.15, -0.1) is 11.3 Å². The van der Waals surface area contributed by atoms with Crippen LogP contribution in [0.15, 0.2) is 40.3 Å². The van der Waals surface area contributed by atoms with E-state index in [1.165, 1.54) is 4.88 Å². The summed E-state index contributed by atoms with van der Waals surface area (Å²) in [5, 5.41) is 1.59. The molecule has 3 rings (SSSR count). The Morgan fingerprint density at radius 1 is 1.24 bits per heavy atom. The standard InChI is InChI=1S/C19H22N2O2S2/c1-4-21-18(22)16-13(2)14(3)25-17(16)20-19(21)24-12-8-11-23-15-9-6-5-7-10-15/h5-7,9-10H,4,8,11-12H2,1-3H3. The minimum Gasteiger partial charge on any atom is -0.494 e. The summed E-state index contributed by atoms with van der Waals surface area (Å²) < 4.78 is 7.50. The molecule has 2 heterocycles. The maximum absolute atomic E-state index is 12.8. The van der Waals surface area contributed by atoms with Gasteiger partial charge in [0.15, 0.2) is 5.16 Å². The molecule has 2 aromatic heterocycles. The normalized spacial score (nSPS) is 11.2. The Labute approximate surface area is 155 Å². The Hall–Kier alpha value is -1.79. The van der Waals surface area contributed by atoms with E-state index in [1.54, 1.807) is 27.7 Å². The molecule has 0 saturated carbocycles. The molecule has 4 nitrogen and oxygen atoms in total. The third-order valence-corrected chi connectivity index (χ3v) is 6.27. The van der Waals surface area contributed by atoms with Crippen molar-refractivity contribution in [2.24, 2.45) is 0 Å². The van der Waals surface area contributed by atoms with Crippen LogP contribution in [0.3, 0.4) is 0 Å². The van der Waals surface area contributed by atoms with Gasteiger partial charge in [-0.25, -0.2) is 4.98 Å². The highest BCUT2D eigenvalue weighted by molar-refractivity contribution is 7.99. The fourth-order valence-corrected chi connectivity index (χ4v) is 4.67. The van der Waals surface area contributed by atoms with Crippen LogP contribution >= 0.6 is 23.1 Å². The first kappa shape index (κ1) is 18.0. The van der Waals surface area contributed by atoms with Gasteiger partial charge >= 0.3 is 0 Å². The van der Waals surface area contributed by atoms with Crippen molar-refractivity contribution in [2.75, 3.05) is 12.4 Å². The van der Waals surface area contributed by atoms with Gasteiger partial charge in [-0.05, 0) is 44.9 Å². The van der Waals surface area contributed by atoms with Crippen LogP contribution in [0.2, 0.25) is 0 Å². The van der Waals surface area contributed by atoms with Gasteiger partial charge in [0.25, 0.3) is 5.56 Å². The molecule has 0 fully saturated rings. The van der Waals surface area contributed by atoms with Crippen molar-refractivity contribution in [1.82, 2.24) is 9.55 Å². The Morgan fingerprint density at radius 2 is 2.00 bits per heavy atom. The summed E-state index contributed by atoms with van der Waals surface area (Å²) in [5.41, 5.74) is 1.14. The highest BCUT2D eigenvalue weighted by Gasteiger charge is 2.15. The van der Waals surface area contributed by atoms with Crippen LogP contribution in [-0.2, 0) is 6.54 Å². The molecule has 0 aliphatic heterocycles. The topological polar surface area (TPSA) is 44.1 Å². The number of benzene rings is 1. The monoisotopic (exact) mass is 374 g/mol. The van der Waals surface area contributed by atoms with Gasteiger partial charge in [-0.1, -0.05) is 30.0 Å². The number of rotatable bonds is 7. The summed E-state index contributed by atoms with van der Waals surface area (Å²) >= 11 is 3.23. The third kappa shape index (κ3) is 3.90. The Kier molecular flexibility index (Phi) is 5.81. The second-order valence-corrected chi connectivity index (χ2v) is 8.04. The van der Waals surface area contributed by atoms with E-state index >= 15 is 0 Å². The molecule has 0 aliphatic rings. The highest BCUT2D eigenvalue weighted by Crippen LogP contribution is 2.28. The highest BCUT2D eigenvalue weighted by atomic mass is 32.2. The van der Waals surface area contributed by atoms with Gasteiger partial charge in [0.05, 0.1) is 12.0 Å². The van der Waals surface area contributed by atoms with E-state index in [-0.39, 0.29) is 5.56 Å². The number of thiophene rings is 1. The van der Waals surface area contributed by atoms with E-state index < -0.39 is 0 Å². The molecule has 0 aliphatic carbocycles. The summed E-state index contributed by atoms with van der Waals surface area (Å²) in [5.74, 6) is 1.76. The molecule has 0 radical (unpaired) electrons. The molecule has 0 unspecified atom stereocenters. The third-order valence-electron chi connectivity index (χ3n) is 4.10. The number of fused-ring (bicyclic) bond motifs is 1. The molecular formula is C19H22N2O2S2. The van der Waals surface area contributed by atoms with Crippen molar-refractivity contribution in [3.63, 3.8) is 0 Å². The maximum atomic E-state index is 12.8. The number of hydrogen-bond acceptors (Lipinski definition) is 5. The second-order valence-electron chi connectivity index (χ2n) is 5.77. The number of aryl methyl sites for hydroxylation is 2. The van der Waals surface area contributed by atoms with Crippen molar-refractivity contribution in [2.45, 2.75) is 38.9 Å². The summed E-state index contributed by atoms with van der Waals surface area (Å²) in [6.45, 7) is 7.34. The van der Waals surface area contributed by atoms with Gasteiger partial charge in [-0.3, -0.25) is 9.36 Å². The van der Waals surface area contributed by atoms with Crippen molar-refractivity contribution < 1.29 is 4.74 Å². The lowest BCUT2D eigenvalue weighted by atomic mass is 10.2. The van der Waals surface area contributed by atoms with Gasteiger partial charge in [-0.2, -0.15) is 0 Å². The van der Waals surface area contributed by atoms with Crippen molar-refractivity contribution in [3.05, 3.63) is 51.1 Å². The average Bonchev–Trinajstić information content (AvgIpc) is 2.90. The van der Waals surface area contributed by atoms with Gasteiger partial charge in [0, 0.05) is 17.2 Å². The van der Waals surface area contributed by atoms with Crippen LogP contribution in [0.5, 0.6) is 5.75 Å². The lowest BCUT2D eigenvalue weighted by Crippen LogP contribution is -2.22. The van der Waals surface area contributed by atoms with Crippen LogP contribution in [0.25, 0.3) is 10.2 Å². The van der Waals surface area contributed by atoms with Crippen LogP contribution in [0.4, 0.5) is 0 Å². The molecule has 0 saturated heterocycles. The molecule has 0 amide bonds. The average molecular weight is 375 g/mol. The number of aromatic nitrogens is 2. The summed E-state index contributed by atoms with van der Waals surface area (Å²) in [4.78, 5) is 19.5. The van der Waals surface area contributed by atoms with Gasteiger partial charge in [0.1, 0.15) is 10.6 Å². The molecular weight excluding hydrogens is 352 g/mol. The summed E-state index contributed by atoms with van der Waals surface area (Å²) in [6, 6.07) is 9.82. The number of para-hydroxylation sites is 1. The second kappa shape index (κ2) is 8.06. The molecule has 25 heavy (non-hydrogen) atoms. The van der Waals surface area contributed by atoms with E-state index in [1.807, 2.05) is 51.1 Å². The Bertz CT molecular complexity index is 917. The quantitative estimate of drug-likeness (QED) is 0.343. The summed E-state index contributed by atoms with van der Waals surface area (Å²) in [7, 11) is 0. The van der Waals surface area contributed by atoms with E-state index in [9.17, 15) is 4.79 Å². The first-order valence-corrected chi connectivity index (χ1v) is 10.2. The number of hydrogen-bond donors (Lipinski definition) is 0. The predicted molar refractivity (Wildman–Crippen MR) is 106 cm³/mol. The minimum absolute atomic E-state index is 0.0809. The molecule has 0 atom stereocenters. The zero-order valence-electron chi connectivity index (χ0n) is 14.7. The van der Waals surface area contributed by atoms with Gasteiger partial charge < -0.3 is 4.74 Å². The SMILES string of the molecule is CCn1c(SCCCOc2ccccc2)nc2sc(C)c(C)c2c1=O. The van der Waals surface area contributed by atoms with E-state index in [4.69, 9.17) is 9.72 Å². The first-order valence-electron chi connectivity index (χ1n) is 8.43. The lowest BCUT2D eigenvalue weighted by Gasteiger charge is -2.10. The Balaban J connectivity index is 1.68. The largest absolute Gasteiger partial charge is 0.494 e. The van der Waals surface area contributed by atoms with Gasteiger partial charge in [0.2, 0.25) is 0 Å². The minimum atomic E-state index is 0.0809. The predicted octanol–water partition coefficient (Wildman–Crippen LogP) is 4.66. The molecule has 132 valence electrons. The van der Waals surface area contributed by atoms with Crippen LogP contribution < -0.4 is 10.3 Å². The van der Waals surface area contributed by atoms with Crippen molar-refractivity contribution in [3.8, 4) is 5.75 Å². The zero-order chi connectivity index (χ0) is 17.8. The molecule has 0 spiro atoms. The van der Waals surface area contributed by atoms with E-state index in [0.717, 1.165) is 38.9 Å². The van der Waals surface area contributed by atoms with Crippen LogP contribution in [0.1, 0.15) is 23.8 Å². The van der Waals surface area contributed by atoms with Crippen LogP contribution in [0, 0.1) is 13.8 Å². The zero-order valence-corrected chi connectivity index (χ0v) is 16.4. The van der Waals surface area contributed by atoms with Crippen molar-refractivity contribution in [1.29, 1.82) is 0 Å². The Morgan fingerprint density at radius 3 is 2.72 bits per heavy atom. The fourth-order valence-electron chi connectivity index (χ4n) is 2.63. The molecule has 3 aromatic rings. The molecule has 1 aromatic carbocycles. The number of thioether (sulfide) groups is 1. The van der Waals surface area contributed by atoms with Crippen LogP contribution in [-0.4, -0.2) is 21.9 Å². The summed E-state index contributed by atoms with van der Waals surface area (Å²) in [6.07, 6.45) is 0.902.